The molecule has 0 radical (unpaired) electrons. The first-order valence-electron chi connectivity index (χ1n) is 8.79. The third-order valence-corrected chi connectivity index (χ3v) is 4.83. The summed E-state index contributed by atoms with van der Waals surface area (Å²) >= 11 is 0. The summed E-state index contributed by atoms with van der Waals surface area (Å²) in [5, 5.41) is 10.5. The number of halogens is 2. The van der Waals surface area contributed by atoms with Crippen molar-refractivity contribution in [2.24, 2.45) is 0 Å². The number of piperidine rings is 1. The summed E-state index contributed by atoms with van der Waals surface area (Å²) in [5.41, 5.74) is 0.836. The Labute approximate surface area is 155 Å². The number of likely N-dealkylation sites (tertiary alicyclic amines) is 1. The van der Waals surface area contributed by atoms with Crippen molar-refractivity contribution in [3.05, 3.63) is 46.8 Å². The Balaban J connectivity index is 1.83. The van der Waals surface area contributed by atoms with Crippen molar-refractivity contribution >= 4 is 11.8 Å². The molecule has 1 aromatic carbocycles. The van der Waals surface area contributed by atoms with Crippen molar-refractivity contribution in [3.8, 4) is 0 Å². The fraction of sp³-hybridized carbons (Fsp3) is 0.444. The third-order valence-electron chi connectivity index (χ3n) is 4.83. The zero-order valence-corrected chi connectivity index (χ0v) is 15.2. The maximum Gasteiger partial charge on any atom is 0.277 e. The molecule has 0 bridgehead atoms. The summed E-state index contributed by atoms with van der Waals surface area (Å²) in [6, 6.07) is 2.77. The van der Waals surface area contributed by atoms with Crippen LogP contribution in [-0.2, 0) is 11.3 Å². The summed E-state index contributed by atoms with van der Waals surface area (Å²) in [4.78, 5) is 26.5. The summed E-state index contributed by atoms with van der Waals surface area (Å²) in [7, 11) is 1.54. The summed E-state index contributed by atoms with van der Waals surface area (Å²) in [6.07, 6.45) is 2.28. The zero-order chi connectivity index (χ0) is 19.6. The molecule has 0 saturated carbocycles. The van der Waals surface area contributed by atoms with Crippen LogP contribution in [0.5, 0.6) is 0 Å². The molecular formula is C18H21F2N5O2. The van der Waals surface area contributed by atoms with Gasteiger partial charge in [-0.3, -0.25) is 9.59 Å². The summed E-state index contributed by atoms with van der Waals surface area (Å²) in [6.45, 7) is 2.15. The molecule has 1 aromatic heterocycles. The molecule has 1 aliphatic rings. The highest BCUT2D eigenvalue weighted by molar-refractivity contribution is 5.96. The summed E-state index contributed by atoms with van der Waals surface area (Å²) < 4.78 is 28.3. The van der Waals surface area contributed by atoms with Gasteiger partial charge in [0.25, 0.3) is 5.91 Å². The third kappa shape index (κ3) is 3.81. The Morgan fingerprint density at radius 1 is 1.30 bits per heavy atom. The van der Waals surface area contributed by atoms with Gasteiger partial charge in [-0.15, -0.1) is 5.10 Å². The van der Waals surface area contributed by atoms with E-state index in [-0.39, 0.29) is 29.6 Å². The lowest BCUT2D eigenvalue weighted by atomic mass is 10.0. The smallest absolute Gasteiger partial charge is 0.277 e. The largest absolute Gasteiger partial charge is 0.357 e. The van der Waals surface area contributed by atoms with Crippen LogP contribution in [0.15, 0.2) is 18.2 Å². The number of amides is 2. The van der Waals surface area contributed by atoms with Crippen LogP contribution in [0.1, 0.15) is 41.0 Å². The Kier molecular flexibility index (Phi) is 5.48. The zero-order valence-electron chi connectivity index (χ0n) is 15.2. The number of nitrogens with one attached hydrogen (secondary N) is 1. The number of carbonyl (C=O) groups excluding carboxylic acids is 2. The van der Waals surface area contributed by atoms with Crippen molar-refractivity contribution < 1.29 is 18.4 Å². The number of hydrogen-bond acceptors (Lipinski definition) is 4. The van der Waals surface area contributed by atoms with Crippen LogP contribution in [0.4, 0.5) is 8.78 Å². The van der Waals surface area contributed by atoms with Crippen LogP contribution in [0, 0.1) is 18.6 Å². The quantitative estimate of drug-likeness (QED) is 0.879. The van der Waals surface area contributed by atoms with Crippen molar-refractivity contribution in [2.45, 2.75) is 38.8 Å². The van der Waals surface area contributed by atoms with Gasteiger partial charge in [0.15, 0.2) is 5.69 Å². The number of rotatable bonds is 4. The van der Waals surface area contributed by atoms with Gasteiger partial charge >= 0.3 is 0 Å². The fourth-order valence-corrected chi connectivity index (χ4v) is 3.27. The average molecular weight is 377 g/mol. The number of hydrogen-bond donors (Lipinski definition) is 1. The molecule has 2 aromatic rings. The van der Waals surface area contributed by atoms with Gasteiger partial charge in [0.1, 0.15) is 17.7 Å². The molecule has 1 saturated heterocycles. The highest BCUT2D eigenvalue weighted by Crippen LogP contribution is 2.21. The first-order chi connectivity index (χ1) is 12.9. The van der Waals surface area contributed by atoms with Crippen LogP contribution in [0.3, 0.4) is 0 Å². The Hall–Kier alpha value is -2.84. The van der Waals surface area contributed by atoms with E-state index in [0.717, 1.165) is 18.9 Å². The van der Waals surface area contributed by atoms with Crippen LogP contribution < -0.4 is 5.32 Å². The second-order valence-electron chi connectivity index (χ2n) is 6.54. The molecule has 144 valence electrons. The van der Waals surface area contributed by atoms with Crippen LogP contribution in [0.25, 0.3) is 0 Å². The van der Waals surface area contributed by atoms with Crippen molar-refractivity contribution in [1.82, 2.24) is 25.2 Å². The normalized spacial score (nSPS) is 17.0. The molecule has 2 amide bonds. The molecule has 27 heavy (non-hydrogen) atoms. The molecular weight excluding hydrogens is 356 g/mol. The molecule has 7 nitrogen and oxygen atoms in total. The van der Waals surface area contributed by atoms with E-state index < -0.39 is 17.7 Å². The Morgan fingerprint density at radius 2 is 2.07 bits per heavy atom. The van der Waals surface area contributed by atoms with Gasteiger partial charge in [0.05, 0.1) is 12.2 Å². The van der Waals surface area contributed by atoms with E-state index in [2.05, 4.69) is 15.6 Å². The SMILES string of the molecule is CNC(=O)[C@H]1CCCCN1C(=O)c1nnn(Cc2ccc(F)cc2F)c1C. The minimum absolute atomic E-state index is 0.0249. The predicted octanol–water partition coefficient (Wildman–Crippen LogP) is 1.65. The molecule has 0 aliphatic carbocycles. The van der Waals surface area contributed by atoms with E-state index in [1.807, 2.05) is 0 Å². The number of benzene rings is 1. The van der Waals surface area contributed by atoms with E-state index >= 15 is 0 Å². The molecule has 0 unspecified atom stereocenters. The predicted molar refractivity (Wildman–Crippen MR) is 93.0 cm³/mol. The first kappa shape index (κ1) is 18.9. The minimum atomic E-state index is -0.687. The van der Waals surface area contributed by atoms with E-state index in [9.17, 15) is 18.4 Å². The van der Waals surface area contributed by atoms with E-state index in [4.69, 9.17) is 0 Å². The molecule has 2 heterocycles. The van der Waals surface area contributed by atoms with Crippen molar-refractivity contribution in [3.63, 3.8) is 0 Å². The molecule has 1 fully saturated rings. The van der Waals surface area contributed by atoms with Gasteiger partial charge in [0.2, 0.25) is 5.91 Å². The Morgan fingerprint density at radius 3 is 2.78 bits per heavy atom. The van der Waals surface area contributed by atoms with Gasteiger partial charge in [-0.2, -0.15) is 0 Å². The lowest BCUT2D eigenvalue weighted by Gasteiger charge is -2.34. The monoisotopic (exact) mass is 377 g/mol. The second-order valence-corrected chi connectivity index (χ2v) is 6.54. The highest BCUT2D eigenvalue weighted by Gasteiger charge is 2.34. The van der Waals surface area contributed by atoms with Crippen LogP contribution >= 0.6 is 0 Å². The number of likely N-dealkylation sites (N-methyl/N-ethyl adjacent to an activating group) is 1. The first-order valence-corrected chi connectivity index (χ1v) is 8.79. The molecule has 0 spiro atoms. The molecule has 1 aliphatic heterocycles. The number of carbonyl (C=O) groups is 2. The lowest BCUT2D eigenvalue weighted by Crippen LogP contribution is -2.51. The van der Waals surface area contributed by atoms with Crippen LogP contribution in [-0.4, -0.2) is 51.3 Å². The van der Waals surface area contributed by atoms with Gasteiger partial charge in [0, 0.05) is 25.2 Å². The van der Waals surface area contributed by atoms with E-state index in [1.54, 1.807) is 14.0 Å². The Bertz CT molecular complexity index is 867. The minimum Gasteiger partial charge on any atom is -0.357 e. The second kappa shape index (κ2) is 7.81. The van der Waals surface area contributed by atoms with Crippen molar-refractivity contribution in [2.75, 3.05) is 13.6 Å². The standard InChI is InChI=1S/C18H21F2N5O2/c1-11-16(18(27)24-8-4-3-5-15(24)17(26)21-2)22-23-25(11)10-12-6-7-13(19)9-14(12)20/h6-7,9,15H,3-5,8,10H2,1-2H3,(H,21,26)/t15-/m1/s1. The van der Waals surface area contributed by atoms with Gasteiger partial charge in [-0.1, -0.05) is 11.3 Å². The van der Waals surface area contributed by atoms with Gasteiger partial charge in [-0.05, 0) is 32.3 Å². The molecule has 1 N–H and O–H groups in total. The maximum atomic E-state index is 13.9. The number of aromatic nitrogens is 3. The topological polar surface area (TPSA) is 80.1 Å². The lowest BCUT2D eigenvalue weighted by molar-refractivity contribution is -0.126. The average Bonchev–Trinajstić information content (AvgIpc) is 3.03. The summed E-state index contributed by atoms with van der Waals surface area (Å²) in [5.74, 6) is -1.92. The van der Waals surface area contributed by atoms with E-state index in [0.29, 0.717) is 18.7 Å². The van der Waals surface area contributed by atoms with E-state index in [1.165, 1.54) is 21.7 Å². The number of nitrogens with zero attached hydrogens (tertiary/aromatic N) is 4. The molecule has 9 heteroatoms. The van der Waals surface area contributed by atoms with Crippen LogP contribution in [0.2, 0.25) is 0 Å². The van der Waals surface area contributed by atoms with Gasteiger partial charge < -0.3 is 10.2 Å². The maximum absolute atomic E-state index is 13.9. The van der Waals surface area contributed by atoms with Crippen molar-refractivity contribution in [1.29, 1.82) is 0 Å². The highest BCUT2D eigenvalue weighted by atomic mass is 19.1. The van der Waals surface area contributed by atoms with Gasteiger partial charge in [-0.25, -0.2) is 13.5 Å². The fourth-order valence-electron chi connectivity index (χ4n) is 3.27. The molecule has 3 rings (SSSR count). The molecule has 1 atom stereocenters.